The summed E-state index contributed by atoms with van der Waals surface area (Å²) in [6.07, 6.45) is 5.61. The van der Waals surface area contributed by atoms with Crippen molar-refractivity contribution in [2.45, 2.75) is 44.6 Å². The second kappa shape index (κ2) is 9.80. The fourth-order valence-electron chi connectivity index (χ4n) is 2.83. The van der Waals surface area contributed by atoms with Crippen LogP contribution in [0.15, 0.2) is 24.3 Å². The fraction of sp³-hybridized carbons (Fsp3) is 0.556. The van der Waals surface area contributed by atoms with Gasteiger partial charge in [-0.1, -0.05) is 25.0 Å². The molecule has 1 aromatic carbocycles. The Kier molecular flexibility index (Phi) is 7.39. The normalized spacial score (nSPS) is 14.2. The molecule has 3 amide bonds. The molecule has 0 radical (unpaired) electrons. The quantitative estimate of drug-likeness (QED) is 0.681. The molecule has 3 N–H and O–H groups in total. The summed E-state index contributed by atoms with van der Waals surface area (Å²) in [6, 6.07) is 7.85. The fourth-order valence-corrected chi connectivity index (χ4v) is 2.83. The van der Waals surface area contributed by atoms with E-state index in [-0.39, 0.29) is 11.9 Å². The summed E-state index contributed by atoms with van der Waals surface area (Å²) in [5, 5.41) is 8.51. The minimum Gasteiger partial charge on any atom is -0.497 e. The molecule has 6 heteroatoms. The molecule has 0 heterocycles. The number of nitrogens with one attached hydrogen (secondary N) is 3. The molecule has 132 valence electrons. The van der Waals surface area contributed by atoms with Gasteiger partial charge in [0, 0.05) is 25.6 Å². The molecule has 0 spiro atoms. The van der Waals surface area contributed by atoms with Crippen molar-refractivity contribution in [2.75, 3.05) is 20.2 Å². The maximum Gasteiger partial charge on any atom is 0.314 e. The van der Waals surface area contributed by atoms with Gasteiger partial charge in [0.05, 0.1) is 7.11 Å². The number of ether oxygens (including phenoxy) is 1. The van der Waals surface area contributed by atoms with Gasteiger partial charge in [-0.25, -0.2) is 4.79 Å². The minimum atomic E-state index is -0.239. The second-order valence-electron chi connectivity index (χ2n) is 6.08. The standard InChI is InChI=1S/C18H27N3O3/c1-24-16-8-6-14(7-9-16)10-12-19-18(23)20-13-11-17(22)21-15-4-2-3-5-15/h6-9,15H,2-5,10-13H2,1H3,(H,21,22)(H2,19,20,23). The Labute approximate surface area is 143 Å². The van der Waals surface area contributed by atoms with E-state index in [2.05, 4.69) is 16.0 Å². The largest absolute Gasteiger partial charge is 0.497 e. The average Bonchev–Trinajstić information content (AvgIpc) is 3.08. The monoisotopic (exact) mass is 333 g/mol. The van der Waals surface area contributed by atoms with Gasteiger partial charge in [0.1, 0.15) is 5.75 Å². The highest BCUT2D eigenvalue weighted by atomic mass is 16.5. The van der Waals surface area contributed by atoms with Crippen LogP contribution in [0.4, 0.5) is 4.79 Å². The van der Waals surface area contributed by atoms with Crippen molar-refractivity contribution >= 4 is 11.9 Å². The van der Waals surface area contributed by atoms with Crippen LogP contribution >= 0.6 is 0 Å². The van der Waals surface area contributed by atoms with Crippen LogP contribution < -0.4 is 20.7 Å². The summed E-state index contributed by atoms with van der Waals surface area (Å²) in [5.74, 6) is 0.834. The van der Waals surface area contributed by atoms with E-state index in [1.807, 2.05) is 24.3 Å². The summed E-state index contributed by atoms with van der Waals surface area (Å²) in [7, 11) is 1.63. The minimum absolute atomic E-state index is 0.0143. The smallest absolute Gasteiger partial charge is 0.314 e. The Balaban J connectivity index is 1.53. The highest BCUT2D eigenvalue weighted by molar-refractivity contribution is 5.78. The molecule has 0 saturated heterocycles. The topological polar surface area (TPSA) is 79.5 Å². The van der Waals surface area contributed by atoms with E-state index in [0.29, 0.717) is 25.6 Å². The lowest BCUT2D eigenvalue weighted by molar-refractivity contribution is -0.121. The zero-order valence-corrected chi connectivity index (χ0v) is 14.3. The zero-order chi connectivity index (χ0) is 17.2. The summed E-state index contributed by atoms with van der Waals surface area (Å²) >= 11 is 0. The summed E-state index contributed by atoms with van der Waals surface area (Å²) in [5.41, 5.74) is 1.13. The van der Waals surface area contributed by atoms with Crippen LogP contribution in [0.1, 0.15) is 37.7 Å². The van der Waals surface area contributed by atoms with Crippen molar-refractivity contribution < 1.29 is 14.3 Å². The molecule has 24 heavy (non-hydrogen) atoms. The summed E-state index contributed by atoms with van der Waals surface area (Å²) in [4.78, 5) is 23.4. The predicted molar refractivity (Wildman–Crippen MR) is 93.1 cm³/mol. The Hall–Kier alpha value is -2.24. The molecule has 1 saturated carbocycles. The number of amides is 3. The third kappa shape index (κ3) is 6.48. The number of carbonyl (C=O) groups is 2. The van der Waals surface area contributed by atoms with Crippen molar-refractivity contribution in [1.29, 1.82) is 0 Å². The summed E-state index contributed by atoms with van der Waals surface area (Å²) < 4.78 is 5.10. The van der Waals surface area contributed by atoms with Crippen LogP contribution in [0.5, 0.6) is 5.75 Å². The van der Waals surface area contributed by atoms with Gasteiger partial charge in [0.2, 0.25) is 5.91 Å². The molecule has 0 unspecified atom stereocenters. The number of methoxy groups -OCH3 is 1. The highest BCUT2D eigenvalue weighted by Gasteiger charge is 2.16. The maximum atomic E-state index is 11.7. The zero-order valence-electron chi connectivity index (χ0n) is 14.3. The second-order valence-corrected chi connectivity index (χ2v) is 6.08. The highest BCUT2D eigenvalue weighted by Crippen LogP contribution is 2.17. The molecule has 0 atom stereocenters. The van der Waals surface area contributed by atoms with Crippen molar-refractivity contribution in [1.82, 2.24) is 16.0 Å². The van der Waals surface area contributed by atoms with Crippen molar-refractivity contribution in [2.24, 2.45) is 0 Å². The van der Waals surface area contributed by atoms with Crippen LogP contribution in [0.25, 0.3) is 0 Å². The van der Waals surface area contributed by atoms with Crippen LogP contribution in [-0.4, -0.2) is 38.2 Å². The Morgan fingerprint density at radius 2 is 1.75 bits per heavy atom. The van der Waals surface area contributed by atoms with E-state index >= 15 is 0 Å². The Morgan fingerprint density at radius 3 is 2.42 bits per heavy atom. The number of hydrogen-bond donors (Lipinski definition) is 3. The lowest BCUT2D eigenvalue weighted by Crippen LogP contribution is -2.39. The van der Waals surface area contributed by atoms with E-state index in [9.17, 15) is 9.59 Å². The van der Waals surface area contributed by atoms with E-state index in [1.165, 1.54) is 12.8 Å². The van der Waals surface area contributed by atoms with Crippen molar-refractivity contribution in [3.63, 3.8) is 0 Å². The van der Waals surface area contributed by atoms with Crippen LogP contribution in [0.2, 0.25) is 0 Å². The first-order chi connectivity index (χ1) is 11.7. The molecule has 0 aromatic heterocycles. The number of carbonyl (C=O) groups excluding carboxylic acids is 2. The van der Waals surface area contributed by atoms with E-state index in [0.717, 1.165) is 30.6 Å². The number of urea groups is 1. The molecule has 0 aliphatic heterocycles. The first-order valence-electron chi connectivity index (χ1n) is 8.61. The van der Waals surface area contributed by atoms with E-state index in [4.69, 9.17) is 4.74 Å². The van der Waals surface area contributed by atoms with Gasteiger partial charge in [0.25, 0.3) is 0 Å². The predicted octanol–water partition coefficient (Wildman–Crippen LogP) is 1.99. The first kappa shape index (κ1) is 18.1. The van der Waals surface area contributed by atoms with Gasteiger partial charge < -0.3 is 20.7 Å². The van der Waals surface area contributed by atoms with Crippen molar-refractivity contribution in [3.05, 3.63) is 29.8 Å². The third-order valence-corrected chi connectivity index (χ3v) is 4.22. The first-order valence-corrected chi connectivity index (χ1v) is 8.61. The van der Waals surface area contributed by atoms with Gasteiger partial charge in [-0.2, -0.15) is 0 Å². The van der Waals surface area contributed by atoms with E-state index < -0.39 is 0 Å². The third-order valence-electron chi connectivity index (χ3n) is 4.22. The maximum absolute atomic E-state index is 11.7. The van der Waals surface area contributed by atoms with Gasteiger partial charge in [-0.15, -0.1) is 0 Å². The molecule has 6 nitrogen and oxygen atoms in total. The van der Waals surface area contributed by atoms with Crippen LogP contribution in [0.3, 0.4) is 0 Å². The summed E-state index contributed by atoms with van der Waals surface area (Å²) in [6.45, 7) is 0.902. The van der Waals surface area contributed by atoms with Crippen LogP contribution in [-0.2, 0) is 11.2 Å². The molecule has 1 aliphatic carbocycles. The van der Waals surface area contributed by atoms with Gasteiger partial charge in [-0.05, 0) is 37.0 Å². The molecule has 1 aliphatic rings. The van der Waals surface area contributed by atoms with E-state index in [1.54, 1.807) is 7.11 Å². The van der Waals surface area contributed by atoms with Crippen LogP contribution in [0, 0.1) is 0 Å². The molecular formula is C18H27N3O3. The Morgan fingerprint density at radius 1 is 1.08 bits per heavy atom. The SMILES string of the molecule is COc1ccc(CCNC(=O)NCCC(=O)NC2CCCC2)cc1. The lowest BCUT2D eigenvalue weighted by Gasteiger charge is -2.12. The molecule has 2 rings (SSSR count). The van der Waals surface area contributed by atoms with Gasteiger partial charge in [-0.3, -0.25) is 4.79 Å². The average molecular weight is 333 g/mol. The number of rotatable bonds is 8. The van der Waals surface area contributed by atoms with Gasteiger partial charge >= 0.3 is 6.03 Å². The van der Waals surface area contributed by atoms with Gasteiger partial charge in [0.15, 0.2) is 0 Å². The lowest BCUT2D eigenvalue weighted by atomic mass is 10.1. The molecular weight excluding hydrogens is 306 g/mol. The molecule has 1 aromatic rings. The Bertz CT molecular complexity index is 525. The number of hydrogen-bond acceptors (Lipinski definition) is 3. The van der Waals surface area contributed by atoms with Crippen molar-refractivity contribution in [3.8, 4) is 5.75 Å². The molecule has 0 bridgehead atoms. The number of benzene rings is 1. The molecule has 1 fully saturated rings.